The topological polar surface area (TPSA) is 89.8 Å². The van der Waals surface area contributed by atoms with Crippen molar-refractivity contribution in [3.8, 4) is 11.8 Å². The molecule has 2 rings (SSSR count). The van der Waals surface area contributed by atoms with E-state index in [4.69, 9.17) is 15.9 Å². The Labute approximate surface area is 117 Å². The van der Waals surface area contributed by atoms with Gasteiger partial charge in [0.25, 0.3) is 0 Å². The van der Waals surface area contributed by atoms with Crippen LogP contribution in [0.25, 0.3) is 0 Å². The predicted octanol–water partition coefficient (Wildman–Crippen LogP) is 2.22. The van der Waals surface area contributed by atoms with Crippen molar-refractivity contribution >= 4 is 5.84 Å². The number of ether oxygens (including phenoxy) is 1. The zero-order valence-corrected chi connectivity index (χ0v) is 11.2. The van der Waals surface area contributed by atoms with Crippen LogP contribution in [0.3, 0.4) is 0 Å². The van der Waals surface area contributed by atoms with Gasteiger partial charge in [-0.3, -0.25) is 5.41 Å². The largest absolute Gasteiger partial charge is 0.433 e. The number of aromatic nitrogens is 3. The average molecular weight is 299 g/mol. The number of halogens is 3. The van der Waals surface area contributed by atoms with E-state index in [-0.39, 0.29) is 17.3 Å². The first-order valence-electron chi connectivity index (χ1n) is 5.79. The molecule has 0 saturated heterocycles. The summed E-state index contributed by atoms with van der Waals surface area (Å²) in [5.74, 6) is -0.632. The molecule has 3 N–H and O–H groups in total. The number of nitrogens with one attached hydrogen (secondary N) is 1. The first kappa shape index (κ1) is 14.8. The minimum atomic E-state index is -4.62. The molecule has 0 aliphatic heterocycles. The molecule has 0 unspecified atom stereocenters. The van der Waals surface area contributed by atoms with Crippen molar-refractivity contribution in [3.05, 3.63) is 35.2 Å². The fraction of sp³-hybridized carbons (Fsp3) is 0.250. The fourth-order valence-corrected chi connectivity index (χ4v) is 1.66. The molecular weight excluding hydrogens is 287 g/mol. The second-order valence-electron chi connectivity index (χ2n) is 4.31. The lowest BCUT2D eigenvalue weighted by Gasteiger charge is -2.12. The smallest absolute Gasteiger partial charge is 0.420 e. The SMILES string of the molecule is Cc1cc(Oc2nc(C(F)(F)F)ccc2C(=N)N)n(C)n1. The Morgan fingerprint density at radius 3 is 2.52 bits per heavy atom. The quantitative estimate of drug-likeness (QED) is 0.671. The van der Waals surface area contributed by atoms with E-state index in [1.165, 1.54) is 10.7 Å². The van der Waals surface area contributed by atoms with Crippen LogP contribution in [0.5, 0.6) is 11.8 Å². The first-order chi connectivity index (χ1) is 9.68. The number of nitrogens with two attached hydrogens (primary N) is 1. The van der Waals surface area contributed by atoms with E-state index in [0.29, 0.717) is 5.69 Å². The van der Waals surface area contributed by atoms with Crippen LogP contribution in [0.15, 0.2) is 18.2 Å². The molecule has 0 aliphatic rings. The summed E-state index contributed by atoms with van der Waals surface area (Å²) >= 11 is 0. The van der Waals surface area contributed by atoms with E-state index in [1.807, 2.05) is 0 Å². The summed E-state index contributed by atoms with van der Waals surface area (Å²) in [6.07, 6.45) is -4.62. The number of hydrogen-bond donors (Lipinski definition) is 2. The third-order valence-electron chi connectivity index (χ3n) is 2.60. The summed E-state index contributed by atoms with van der Waals surface area (Å²) in [6.45, 7) is 1.71. The summed E-state index contributed by atoms with van der Waals surface area (Å²) < 4.78 is 44.8. The Hall–Kier alpha value is -2.58. The van der Waals surface area contributed by atoms with Gasteiger partial charge < -0.3 is 10.5 Å². The van der Waals surface area contributed by atoms with Gasteiger partial charge in [-0.2, -0.15) is 18.3 Å². The van der Waals surface area contributed by atoms with Gasteiger partial charge in [0, 0.05) is 13.1 Å². The summed E-state index contributed by atoms with van der Waals surface area (Å²) in [6, 6.07) is 3.33. The van der Waals surface area contributed by atoms with Crippen molar-refractivity contribution in [1.29, 1.82) is 5.41 Å². The van der Waals surface area contributed by atoms with Crippen molar-refractivity contribution < 1.29 is 17.9 Å². The highest BCUT2D eigenvalue weighted by atomic mass is 19.4. The molecule has 0 amide bonds. The Bertz CT molecular complexity index is 693. The molecule has 2 aromatic heterocycles. The van der Waals surface area contributed by atoms with Gasteiger partial charge in [0.15, 0.2) is 0 Å². The molecule has 0 aromatic carbocycles. The molecule has 2 aromatic rings. The lowest BCUT2D eigenvalue weighted by Crippen LogP contribution is -2.16. The average Bonchev–Trinajstić information content (AvgIpc) is 2.66. The molecular formula is C12H12F3N5O. The number of aryl methyl sites for hydroxylation is 2. The van der Waals surface area contributed by atoms with Gasteiger partial charge in [-0.05, 0) is 19.1 Å². The summed E-state index contributed by atoms with van der Waals surface area (Å²) in [5, 5.41) is 11.4. The zero-order valence-electron chi connectivity index (χ0n) is 11.2. The zero-order chi connectivity index (χ0) is 15.8. The molecule has 0 atom stereocenters. The van der Waals surface area contributed by atoms with Gasteiger partial charge in [0.1, 0.15) is 11.5 Å². The van der Waals surface area contributed by atoms with Gasteiger partial charge in [0.2, 0.25) is 11.8 Å². The molecule has 6 nitrogen and oxygen atoms in total. The molecule has 2 heterocycles. The highest BCUT2D eigenvalue weighted by molar-refractivity contribution is 5.97. The van der Waals surface area contributed by atoms with Crippen LogP contribution in [0, 0.1) is 12.3 Å². The predicted molar refractivity (Wildman–Crippen MR) is 68.3 cm³/mol. The Morgan fingerprint density at radius 1 is 1.38 bits per heavy atom. The number of alkyl halides is 3. The van der Waals surface area contributed by atoms with Gasteiger partial charge in [-0.15, -0.1) is 0 Å². The molecule has 0 aliphatic carbocycles. The summed E-state index contributed by atoms with van der Waals surface area (Å²) in [5.41, 5.74) is 4.81. The standard InChI is InChI=1S/C12H12F3N5O/c1-6-5-9(20(2)19-6)21-11-7(10(16)17)3-4-8(18-11)12(13,14)15/h3-5H,1-2H3,(H3,16,17). The second-order valence-corrected chi connectivity index (χ2v) is 4.31. The number of amidine groups is 1. The van der Waals surface area contributed by atoms with Crippen molar-refractivity contribution in [2.45, 2.75) is 13.1 Å². The second kappa shape index (κ2) is 5.08. The monoisotopic (exact) mass is 299 g/mol. The minimum Gasteiger partial charge on any atom is -0.420 e. The molecule has 0 fully saturated rings. The maximum atomic E-state index is 12.7. The molecule has 0 spiro atoms. The number of nitrogen functional groups attached to an aromatic ring is 1. The highest BCUT2D eigenvalue weighted by Crippen LogP contribution is 2.31. The van der Waals surface area contributed by atoms with Crippen LogP contribution in [0.2, 0.25) is 0 Å². The molecule has 21 heavy (non-hydrogen) atoms. The number of pyridine rings is 1. The van der Waals surface area contributed by atoms with Gasteiger partial charge in [-0.25, -0.2) is 9.67 Å². The molecule has 9 heteroatoms. The number of hydrogen-bond acceptors (Lipinski definition) is 4. The maximum absolute atomic E-state index is 12.7. The Morgan fingerprint density at radius 2 is 2.05 bits per heavy atom. The van der Waals surface area contributed by atoms with E-state index < -0.39 is 17.7 Å². The van der Waals surface area contributed by atoms with Crippen molar-refractivity contribution in [2.75, 3.05) is 0 Å². The Kier molecular flexibility index (Phi) is 3.58. The number of nitrogens with zero attached hydrogens (tertiary/aromatic N) is 3. The van der Waals surface area contributed by atoms with E-state index in [2.05, 4.69) is 10.1 Å². The van der Waals surface area contributed by atoms with Crippen LogP contribution in [-0.2, 0) is 13.2 Å². The third-order valence-corrected chi connectivity index (χ3v) is 2.60. The third kappa shape index (κ3) is 3.12. The Balaban J connectivity index is 2.49. The van der Waals surface area contributed by atoms with Crippen molar-refractivity contribution in [1.82, 2.24) is 14.8 Å². The first-order valence-corrected chi connectivity index (χ1v) is 5.79. The molecule has 0 radical (unpaired) electrons. The van der Waals surface area contributed by atoms with E-state index in [1.54, 1.807) is 14.0 Å². The van der Waals surface area contributed by atoms with E-state index >= 15 is 0 Å². The fourth-order valence-electron chi connectivity index (χ4n) is 1.66. The van der Waals surface area contributed by atoms with Crippen LogP contribution in [-0.4, -0.2) is 20.6 Å². The van der Waals surface area contributed by atoms with Crippen LogP contribution >= 0.6 is 0 Å². The number of rotatable bonds is 3. The molecule has 0 bridgehead atoms. The highest BCUT2D eigenvalue weighted by Gasteiger charge is 2.33. The maximum Gasteiger partial charge on any atom is 0.433 e. The van der Waals surface area contributed by atoms with Crippen LogP contribution in [0.1, 0.15) is 17.0 Å². The lowest BCUT2D eigenvalue weighted by molar-refractivity contribution is -0.141. The molecule has 112 valence electrons. The van der Waals surface area contributed by atoms with Gasteiger partial charge in [0.05, 0.1) is 11.3 Å². The summed E-state index contributed by atoms with van der Waals surface area (Å²) in [7, 11) is 1.57. The van der Waals surface area contributed by atoms with E-state index in [9.17, 15) is 13.2 Å². The van der Waals surface area contributed by atoms with Crippen molar-refractivity contribution in [2.24, 2.45) is 12.8 Å². The minimum absolute atomic E-state index is 0.0261. The molecule has 0 saturated carbocycles. The van der Waals surface area contributed by atoms with Gasteiger partial charge >= 0.3 is 6.18 Å². The van der Waals surface area contributed by atoms with E-state index in [0.717, 1.165) is 12.1 Å². The van der Waals surface area contributed by atoms with Crippen LogP contribution < -0.4 is 10.5 Å². The normalized spacial score (nSPS) is 11.5. The van der Waals surface area contributed by atoms with Gasteiger partial charge in [-0.1, -0.05) is 0 Å². The lowest BCUT2D eigenvalue weighted by atomic mass is 10.2. The summed E-state index contributed by atoms with van der Waals surface area (Å²) in [4.78, 5) is 3.40. The van der Waals surface area contributed by atoms with Crippen LogP contribution in [0.4, 0.5) is 13.2 Å². The van der Waals surface area contributed by atoms with Crippen molar-refractivity contribution in [3.63, 3.8) is 0 Å².